The summed E-state index contributed by atoms with van der Waals surface area (Å²) < 4.78 is 10.1. The van der Waals surface area contributed by atoms with E-state index in [1.165, 1.54) is 0 Å². The number of carbonyl (C=O) groups excluding carboxylic acids is 3. The Morgan fingerprint density at radius 1 is 0.923 bits per heavy atom. The first-order valence-corrected chi connectivity index (χ1v) is 8.54. The lowest BCUT2D eigenvalue weighted by Crippen LogP contribution is -2.55. The van der Waals surface area contributed by atoms with Crippen LogP contribution in [0, 0.1) is 5.41 Å². The molecule has 0 aliphatic carbocycles. The van der Waals surface area contributed by atoms with Gasteiger partial charge >= 0.3 is 11.9 Å². The molecule has 1 amide bonds. The fourth-order valence-corrected chi connectivity index (χ4v) is 2.19. The Kier molecular flexibility index (Phi) is 7.76. The molecule has 0 heterocycles. The molecule has 0 saturated carbocycles. The maximum Gasteiger partial charge on any atom is 0.333 e. The van der Waals surface area contributed by atoms with Gasteiger partial charge in [-0.25, -0.2) is 5.48 Å². The van der Waals surface area contributed by atoms with E-state index in [2.05, 4.69) is 5.48 Å². The molecule has 1 aromatic carbocycles. The number of esters is 2. The number of amides is 1. The molecule has 0 radical (unpaired) electrons. The van der Waals surface area contributed by atoms with Crippen LogP contribution in [0.15, 0.2) is 30.3 Å². The fourth-order valence-electron chi connectivity index (χ4n) is 2.19. The van der Waals surface area contributed by atoms with E-state index in [4.69, 9.17) is 14.3 Å². The second kappa shape index (κ2) is 9.33. The van der Waals surface area contributed by atoms with Crippen LogP contribution in [0.3, 0.4) is 0 Å². The van der Waals surface area contributed by atoms with Crippen molar-refractivity contribution in [3.8, 4) is 0 Å². The van der Waals surface area contributed by atoms with Gasteiger partial charge in [0.15, 0.2) is 0 Å². The predicted molar refractivity (Wildman–Crippen MR) is 94.8 cm³/mol. The number of rotatable bonds is 8. The lowest BCUT2D eigenvalue weighted by atomic mass is 9.80. The van der Waals surface area contributed by atoms with E-state index in [0.717, 1.165) is 0 Å². The molecule has 1 N–H and O–H groups in total. The number of nitrogens with one attached hydrogen (secondary N) is 1. The summed E-state index contributed by atoms with van der Waals surface area (Å²) in [7, 11) is 0. The minimum absolute atomic E-state index is 0.0161. The molecule has 26 heavy (non-hydrogen) atoms. The van der Waals surface area contributed by atoms with Crippen molar-refractivity contribution in [3.05, 3.63) is 35.9 Å². The first-order valence-electron chi connectivity index (χ1n) is 8.54. The Balaban J connectivity index is 3.34. The lowest BCUT2D eigenvalue weighted by molar-refractivity contribution is -0.182. The molecule has 1 aromatic rings. The van der Waals surface area contributed by atoms with E-state index in [9.17, 15) is 14.4 Å². The zero-order valence-electron chi connectivity index (χ0n) is 16.0. The van der Waals surface area contributed by atoms with Gasteiger partial charge in [0.05, 0.1) is 18.8 Å². The molecule has 0 unspecified atom stereocenters. The lowest BCUT2D eigenvalue weighted by Gasteiger charge is -2.29. The molecule has 0 fully saturated rings. The van der Waals surface area contributed by atoms with Gasteiger partial charge in [-0.1, -0.05) is 30.3 Å². The number of hydrogen-bond donors (Lipinski definition) is 1. The average molecular weight is 365 g/mol. The third kappa shape index (κ3) is 5.56. The minimum atomic E-state index is -2.20. The number of carbonyl (C=O) groups is 3. The Hall–Kier alpha value is -2.41. The Bertz CT molecular complexity index is 603. The van der Waals surface area contributed by atoms with E-state index in [0.29, 0.717) is 5.56 Å². The maximum absolute atomic E-state index is 12.9. The summed E-state index contributed by atoms with van der Waals surface area (Å²) in [5, 5.41) is 0. The first-order chi connectivity index (χ1) is 12.2. The summed E-state index contributed by atoms with van der Waals surface area (Å²) in [5.74, 6) is -2.87. The fraction of sp³-hybridized carbons (Fsp3) is 0.526. The van der Waals surface area contributed by atoms with Crippen molar-refractivity contribution in [2.24, 2.45) is 5.41 Å². The highest BCUT2D eigenvalue weighted by Gasteiger charge is 2.56. The van der Waals surface area contributed by atoms with E-state index in [-0.39, 0.29) is 19.6 Å². The molecule has 144 valence electrons. The largest absolute Gasteiger partial charge is 0.465 e. The maximum atomic E-state index is 12.9. The molecule has 0 aliphatic rings. The monoisotopic (exact) mass is 365 g/mol. The molecule has 0 spiro atoms. The van der Waals surface area contributed by atoms with Gasteiger partial charge in [0.2, 0.25) is 5.41 Å². The van der Waals surface area contributed by atoms with E-state index < -0.39 is 28.9 Å². The standard InChI is InChI=1S/C19H27NO6/c1-6-24-16(22)19(17(23)25-7-2,13-14-11-9-8-10-12-14)15(21)20-26-18(3,4)5/h8-12H,6-7,13H2,1-5H3,(H,20,21). The van der Waals surface area contributed by atoms with E-state index in [1.807, 2.05) is 0 Å². The van der Waals surface area contributed by atoms with Gasteiger partial charge in [-0.05, 0) is 40.2 Å². The molecule has 0 aromatic heterocycles. The SMILES string of the molecule is CCOC(=O)C(Cc1ccccc1)(C(=O)NOC(C)(C)C)C(=O)OCC. The van der Waals surface area contributed by atoms with Gasteiger partial charge in [-0.2, -0.15) is 0 Å². The molecule has 0 bridgehead atoms. The van der Waals surface area contributed by atoms with Crippen LogP contribution in [0.25, 0.3) is 0 Å². The van der Waals surface area contributed by atoms with Crippen LogP contribution in [-0.2, 0) is 35.1 Å². The van der Waals surface area contributed by atoms with Gasteiger partial charge in [-0.3, -0.25) is 19.2 Å². The zero-order valence-corrected chi connectivity index (χ0v) is 16.0. The minimum Gasteiger partial charge on any atom is -0.465 e. The second-order valence-electron chi connectivity index (χ2n) is 6.65. The smallest absolute Gasteiger partial charge is 0.333 e. The summed E-state index contributed by atoms with van der Waals surface area (Å²) in [4.78, 5) is 43.6. The van der Waals surface area contributed by atoms with Gasteiger partial charge < -0.3 is 9.47 Å². The molecule has 0 atom stereocenters. The molecular weight excluding hydrogens is 338 g/mol. The summed E-state index contributed by atoms with van der Waals surface area (Å²) in [6.07, 6.45) is -0.204. The average Bonchev–Trinajstić information content (AvgIpc) is 2.58. The molecule has 1 rings (SSSR count). The molecular formula is C19H27NO6. The summed E-state index contributed by atoms with van der Waals surface area (Å²) >= 11 is 0. The first kappa shape index (κ1) is 21.6. The van der Waals surface area contributed by atoms with Crippen LogP contribution in [0.5, 0.6) is 0 Å². The van der Waals surface area contributed by atoms with Crippen LogP contribution in [0.2, 0.25) is 0 Å². The van der Waals surface area contributed by atoms with Gasteiger partial charge in [-0.15, -0.1) is 0 Å². The van der Waals surface area contributed by atoms with Crippen LogP contribution in [-0.4, -0.2) is 36.7 Å². The summed E-state index contributed by atoms with van der Waals surface area (Å²) in [6, 6.07) is 8.72. The van der Waals surface area contributed by atoms with Crippen molar-refractivity contribution in [2.75, 3.05) is 13.2 Å². The van der Waals surface area contributed by atoms with Crippen molar-refractivity contribution in [1.82, 2.24) is 5.48 Å². The Labute approximate surface area is 154 Å². The third-order valence-electron chi connectivity index (χ3n) is 3.40. The van der Waals surface area contributed by atoms with Crippen molar-refractivity contribution in [3.63, 3.8) is 0 Å². The quantitative estimate of drug-likeness (QED) is 0.431. The van der Waals surface area contributed by atoms with Gasteiger partial charge in [0, 0.05) is 6.42 Å². The molecule has 7 heteroatoms. The van der Waals surface area contributed by atoms with Crippen molar-refractivity contribution < 1.29 is 28.7 Å². The number of ether oxygens (including phenoxy) is 2. The topological polar surface area (TPSA) is 90.9 Å². The normalized spacial score (nSPS) is 11.6. The number of hydrogen-bond acceptors (Lipinski definition) is 6. The number of benzene rings is 1. The van der Waals surface area contributed by atoms with E-state index in [1.54, 1.807) is 65.0 Å². The van der Waals surface area contributed by atoms with Gasteiger partial charge in [0.1, 0.15) is 0 Å². The highest BCUT2D eigenvalue weighted by atomic mass is 16.7. The van der Waals surface area contributed by atoms with Crippen molar-refractivity contribution in [1.29, 1.82) is 0 Å². The Morgan fingerprint density at radius 2 is 1.42 bits per heavy atom. The van der Waals surface area contributed by atoms with Crippen LogP contribution in [0.4, 0.5) is 0 Å². The van der Waals surface area contributed by atoms with Crippen LogP contribution >= 0.6 is 0 Å². The third-order valence-corrected chi connectivity index (χ3v) is 3.40. The summed E-state index contributed by atoms with van der Waals surface area (Å²) in [6.45, 7) is 8.40. The molecule has 0 aliphatic heterocycles. The van der Waals surface area contributed by atoms with Gasteiger partial charge in [0.25, 0.3) is 5.91 Å². The Morgan fingerprint density at radius 3 is 1.85 bits per heavy atom. The van der Waals surface area contributed by atoms with E-state index >= 15 is 0 Å². The van der Waals surface area contributed by atoms with Crippen LogP contribution < -0.4 is 5.48 Å². The van der Waals surface area contributed by atoms with Crippen LogP contribution in [0.1, 0.15) is 40.2 Å². The predicted octanol–water partition coefficient (Wildman–Crippen LogP) is 2.19. The molecule has 0 saturated heterocycles. The number of hydroxylamine groups is 1. The second-order valence-corrected chi connectivity index (χ2v) is 6.65. The highest BCUT2D eigenvalue weighted by Crippen LogP contribution is 2.28. The zero-order chi connectivity index (χ0) is 19.8. The van der Waals surface area contributed by atoms with Crippen molar-refractivity contribution >= 4 is 17.8 Å². The highest BCUT2D eigenvalue weighted by molar-refractivity contribution is 6.19. The molecule has 7 nitrogen and oxygen atoms in total. The summed E-state index contributed by atoms with van der Waals surface area (Å²) in [5.41, 5.74) is -0.0742. The van der Waals surface area contributed by atoms with Crippen molar-refractivity contribution in [2.45, 2.75) is 46.6 Å².